The maximum atomic E-state index is 10.3. The highest BCUT2D eigenvalue weighted by atomic mass is 16.3. The average molecular weight is 233 g/mol. The van der Waals surface area contributed by atoms with Gasteiger partial charge in [0.15, 0.2) is 0 Å². The van der Waals surface area contributed by atoms with Crippen LogP contribution in [0.2, 0.25) is 0 Å². The van der Waals surface area contributed by atoms with Crippen LogP contribution in [0.1, 0.15) is 61.4 Å². The summed E-state index contributed by atoms with van der Waals surface area (Å²) in [5.41, 5.74) is 3.16. The molecule has 1 fully saturated rings. The Morgan fingerprint density at radius 3 is 2.65 bits per heavy atom. The van der Waals surface area contributed by atoms with Gasteiger partial charge in [-0.05, 0) is 37.3 Å². The molecule has 0 radical (unpaired) electrons. The molecule has 0 bridgehead atoms. The van der Waals surface area contributed by atoms with Gasteiger partial charge in [-0.1, -0.05) is 38.2 Å². The van der Waals surface area contributed by atoms with Gasteiger partial charge in [-0.3, -0.25) is 4.98 Å². The van der Waals surface area contributed by atoms with Gasteiger partial charge in [-0.25, -0.2) is 0 Å². The van der Waals surface area contributed by atoms with Gasteiger partial charge in [-0.15, -0.1) is 0 Å². The van der Waals surface area contributed by atoms with E-state index in [1.165, 1.54) is 32.1 Å². The van der Waals surface area contributed by atoms with Gasteiger partial charge in [-0.2, -0.15) is 0 Å². The Bertz CT molecular complexity index is 369. The van der Waals surface area contributed by atoms with Crippen molar-refractivity contribution in [2.24, 2.45) is 5.92 Å². The fraction of sp³-hybridized carbons (Fsp3) is 0.667. The van der Waals surface area contributed by atoms with E-state index < -0.39 is 0 Å². The molecule has 0 aliphatic heterocycles. The predicted octanol–water partition coefficient (Wildman–Crippen LogP) is 3.70. The molecule has 2 heteroatoms. The van der Waals surface area contributed by atoms with Gasteiger partial charge in [0.05, 0.1) is 11.8 Å². The highest BCUT2D eigenvalue weighted by Gasteiger charge is 2.20. The lowest BCUT2D eigenvalue weighted by Crippen LogP contribution is -2.13. The van der Waals surface area contributed by atoms with Gasteiger partial charge < -0.3 is 5.11 Å². The maximum absolute atomic E-state index is 10.3. The van der Waals surface area contributed by atoms with Gasteiger partial charge in [0.1, 0.15) is 0 Å². The number of aromatic nitrogens is 1. The molecule has 1 atom stereocenters. The molecule has 0 amide bonds. The summed E-state index contributed by atoms with van der Waals surface area (Å²) in [6, 6.07) is 2.10. The Labute approximate surface area is 104 Å². The highest BCUT2D eigenvalue weighted by Crippen LogP contribution is 2.32. The van der Waals surface area contributed by atoms with Crippen LogP contribution in [0.5, 0.6) is 0 Å². The second-order valence-corrected chi connectivity index (χ2v) is 5.47. The number of pyridine rings is 1. The summed E-state index contributed by atoms with van der Waals surface area (Å²) >= 11 is 0. The molecule has 17 heavy (non-hydrogen) atoms. The molecule has 1 N–H and O–H groups in total. The number of rotatable bonds is 3. The molecule has 1 unspecified atom stereocenters. The minimum atomic E-state index is -0.376. The molecule has 2 rings (SSSR count). The fourth-order valence-electron chi connectivity index (χ4n) is 2.92. The van der Waals surface area contributed by atoms with Crippen LogP contribution < -0.4 is 0 Å². The largest absolute Gasteiger partial charge is 0.387 e. The van der Waals surface area contributed by atoms with E-state index >= 15 is 0 Å². The predicted molar refractivity (Wildman–Crippen MR) is 69.9 cm³/mol. The topological polar surface area (TPSA) is 33.1 Å². The van der Waals surface area contributed by atoms with E-state index in [1.807, 2.05) is 20.0 Å². The smallest absolute Gasteiger partial charge is 0.0965 e. The Hall–Kier alpha value is -0.890. The first-order chi connectivity index (χ1) is 8.16. The molecule has 0 aromatic carbocycles. The summed E-state index contributed by atoms with van der Waals surface area (Å²) in [7, 11) is 0. The fourth-order valence-corrected chi connectivity index (χ4v) is 2.92. The van der Waals surface area contributed by atoms with Crippen LogP contribution >= 0.6 is 0 Å². The summed E-state index contributed by atoms with van der Waals surface area (Å²) in [4.78, 5) is 4.39. The maximum Gasteiger partial charge on any atom is 0.0965 e. The van der Waals surface area contributed by atoms with Crippen molar-refractivity contribution in [3.63, 3.8) is 0 Å². The van der Waals surface area contributed by atoms with Crippen molar-refractivity contribution >= 4 is 0 Å². The number of nitrogens with zero attached hydrogens (tertiary/aromatic N) is 1. The van der Waals surface area contributed by atoms with Gasteiger partial charge >= 0.3 is 0 Å². The first kappa shape index (κ1) is 12.6. The van der Waals surface area contributed by atoms with Crippen molar-refractivity contribution in [2.45, 2.75) is 58.5 Å². The van der Waals surface area contributed by atoms with Crippen LogP contribution in [0.4, 0.5) is 0 Å². The van der Waals surface area contributed by atoms with Crippen molar-refractivity contribution in [1.29, 1.82) is 0 Å². The number of hydrogen-bond acceptors (Lipinski definition) is 2. The molecule has 1 aliphatic rings. The first-order valence-corrected chi connectivity index (χ1v) is 6.78. The number of aliphatic hydroxyl groups is 1. The summed E-state index contributed by atoms with van der Waals surface area (Å²) < 4.78 is 0. The quantitative estimate of drug-likeness (QED) is 0.863. The molecule has 1 aliphatic carbocycles. The third-order valence-corrected chi connectivity index (χ3v) is 3.85. The van der Waals surface area contributed by atoms with Crippen LogP contribution in [0.15, 0.2) is 12.3 Å². The monoisotopic (exact) mass is 233 g/mol. The summed E-state index contributed by atoms with van der Waals surface area (Å²) in [5, 5.41) is 10.3. The SMILES string of the molecule is Cc1cnc(C(O)CC2CCCCC2)c(C)c1. The summed E-state index contributed by atoms with van der Waals surface area (Å²) in [6.07, 6.45) is 8.95. The third-order valence-electron chi connectivity index (χ3n) is 3.85. The van der Waals surface area contributed by atoms with Crippen molar-refractivity contribution in [2.75, 3.05) is 0 Å². The Morgan fingerprint density at radius 2 is 2.00 bits per heavy atom. The minimum absolute atomic E-state index is 0.376. The standard InChI is InChI=1S/C15H23NO/c1-11-8-12(2)15(16-10-11)14(17)9-13-6-4-3-5-7-13/h8,10,13-14,17H,3-7,9H2,1-2H3. The Kier molecular flexibility index (Phi) is 4.16. The summed E-state index contributed by atoms with van der Waals surface area (Å²) in [6.45, 7) is 4.08. The third kappa shape index (κ3) is 3.29. The van der Waals surface area contributed by atoms with E-state index in [2.05, 4.69) is 11.1 Å². The zero-order valence-corrected chi connectivity index (χ0v) is 10.9. The van der Waals surface area contributed by atoms with Crippen LogP contribution in [0.25, 0.3) is 0 Å². The highest BCUT2D eigenvalue weighted by molar-refractivity contribution is 5.24. The van der Waals surface area contributed by atoms with Crippen molar-refractivity contribution in [1.82, 2.24) is 4.98 Å². The Balaban J connectivity index is 2.00. The van der Waals surface area contributed by atoms with Crippen molar-refractivity contribution in [3.8, 4) is 0 Å². The first-order valence-electron chi connectivity index (χ1n) is 6.78. The van der Waals surface area contributed by atoms with E-state index in [0.29, 0.717) is 5.92 Å². The van der Waals surface area contributed by atoms with Crippen molar-refractivity contribution in [3.05, 3.63) is 29.1 Å². The van der Waals surface area contributed by atoms with Crippen LogP contribution in [0, 0.1) is 19.8 Å². The van der Waals surface area contributed by atoms with Crippen LogP contribution in [-0.4, -0.2) is 10.1 Å². The van der Waals surface area contributed by atoms with Crippen LogP contribution in [0.3, 0.4) is 0 Å². The minimum Gasteiger partial charge on any atom is -0.387 e. The average Bonchev–Trinajstić information content (AvgIpc) is 2.30. The van der Waals surface area contributed by atoms with E-state index in [0.717, 1.165) is 23.2 Å². The normalized spacial score (nSPS) is 19.2. The van der Waals surface area contributed by atoms with E-state index in [-0.39, 0.29) is 6.10 Å². The van der Waals surface area contributed by atoms with Crippen molar-refractivity contribution < 1.29 is 5.11 Å². The van der Waals surface area contributed by atoms with Gasteiger partial charge in [0, 0.05) is 6.20 Å². The van der Waals surface area contributed by atoms with Gasteiger partial charge in [0.2, 0.25) is 0 Å². The second-order valence-electron chi connectivity index (χ2n) is 5.47. The zero-order valence-electron chi connectivity index (χ0n) is 10.9. The van der Waals surface area contributed by atoms with Crippen LogP contribution in [-0.2, 0) is 0 Å². The molecule has 1 aromatic rings. The molecule has 1 aromatic heterocycles. The molecule has 0 spiro atoms. The molecule has 0 saturated heterocycles. The number of aliphatic hydroxyl groups excluding tert-OH is 1. The van der Waals surface area contributed by atoms with E-state index in [4.69, 9.17) is 0 Å². The number of hydrogen-bond donors (Lipinski definition) is 1. The lowest BCUT2D eigenvalue weighted by Gasteiger charge is -2.24. The molecular weight excluding hydrogens is 210 g/mol. The van der Waals surface area contributed by atoms with Gasteiger partial charge in [0.25, 0.3) is 0 Å². The molecule has 94 valence electrons. The number of aryl methyl sites for hydroxylation is 2. The molecular formula is C15H23NO. The lowest BCUT2D eigenvalue weighted by atomic mass is 9.84. The molecule has 1 saturated carbocycles. The molecule has 1 heterocycles. The zero-order chi connectivity index (χ0) is 12.3. The Morgan fingerprint density at radius 1 is 1.29 bits per heavy atom. The summed E-state index contributed by atoms with van der Waals surface area (Å²) in [5.74, 6) is 0.696. The second kappa shape index (κ2) is 5.63. The van der Waals surface area contributed by atoms with E-state index in [1.54, 1.807) is 0 Å². The van der Waals surface area contributed by atoms with E-state index in [9.17, 15) is 5.11 Å². The molecule has 2 nitrogen and oxygen atoms in total. The lowest BCUT2D eigenvalue weighted by molar-refractivity contribution is 0.127.